The Bertz CT molecular complexity index is 1740. The molecule has 42 heavy (non-hydrogen) atoms. The molecule has 6 rings (SSSR count). The van der Waals surface area contributed by atoms with Crippen molar-refractivity contribution in [1.29, 1.82) is 0 Å². The first-order chi connectivity index (χ1) is 20.4. The van der Waals surface area contributed by atoms with Crippen LogP contribution in [0.15, 0.2) is 58.8 Å². The summed E-state index contributed by atoms with van der Waals surface area (Å²) in [6.45, 7) is 13.6. The van der Waals surface area contributed by atoms with Gasteiger partial charge in [0.1, 0.15) is 10.1 Å². The van der Waals surface area contributed by atoms with E-state index in [2.05, 4.69) is 94.9 Å². The Morgan fingerprint density at radius 1 is 0.619 bits per heavy atom. The standard InChI is InChI=1S/C28H30N12S2/c1-7-37-33-25(31-35-37)21-15-29-39(23-11-9-17(3)13-19(23)5)27(21)41-42-28-22(26-32-36-38(8-2)34-26)16-30-40(28)24-12-10-18(4)14-20(24)6/h9-16H,7-8H2,1-6H3. The van der Waals surface area contributed by atoms with Crippen LogP contribution < -0.4 is 0 Å². The molecule has 0 atom stereocenters. The summed E-state index contributed by atoms with van der Waals surface area (Å²) in [7, 11) is 3.11. The summed E-state index contributed by atoms with van der Waals surface area (Å²) < 4.78 is 3.88. The maximum Gasteiger partial charge on any atom is 0.209 e. The number of hydrogen-bond acceptors (Lipinski definition) is 10. The number of hydrogen-bond donors (Lipinski definition) is 0. The lowest BCUT2D eigenvalue weighted by atomic mass is 10.1. The highest BCUT2D eigenvalue weighted by Gasteiger charge is 2.24. The van der Waals surface area contributed by atoms with E-state index in [0.717, 1.165) is 43.7 Å². The number of nitrogens with zero attached hydrogens (tertiary/aromatic N) is 12. The lowest BCUT2D eigenvalue weighted by Gasteiger charge is -2.13. The van der Waals surface area contributed by atoms with E-state index in [1.54, 1.807) is 43.6 Å². The zero-order valence-corrected chi connectivity index (χ0v) is 25.8. The molecule has 0 saturated heterocycles. The first-order valence-electron chi connectivity index (χ1n) is 13.6. The molecule has 0 aliphatic heterocycles. The largest absolute Gasteiger partial charge is 0.225 e. The van der Waals surface area contributed by atoms with Gasteiger partial charge in [-0.25, -0.2) is 9.36 Å². The molecule has 0 spiro atoms. The second-order valence-electron chi connectivity index (χ2n) is 9.90. The minimum Gasteiger partial charge on any atom is -0.225 e. The van der Waals surface area contributed by atoms with Gasteiger partial charge in [0.25, 0.3) is 0 Å². The molecule has 0 bridgehead atoms. The number of tetrazole rings is 2. The Morgan fingerprint density at radius 2 is 1.05 bits per heavy atom. The lowest BCUT2D eigenvalue weighted by Crippen LogP contribution is -2.02. The molecule has 4 aromatic heterocycles. The highest BCUT2D eigenvalue weighted by atomic mass is 33.1. The molecule has 0 saturated carbocycles. The maximum absolute atomic E-state index is 4.79. The molecule has 14 heteroatoms. The Balaban J connectivity index is 1.47. The Kier molecular flexibility index (Phi) is 7.64. The first-order valence-corrected chi connectivity index (χ1v) is 15.7. The van der Waals surface area contributed by atoms with Crippen molar-refractivity contribution in [1.82, 2.24) is 60.0 Å². The molecule has 0 N–H and O–H groups in total. The number of aryl methyl sites for hydroxylation is 6. The van der Waals surface area contributed by atoms with Gasteiger partial charge >= 0.3 is 0 Å². The summed E-state index contributed by atoms with van der Waals surface area (Å²) in [6, 6.07) is 12.7. The minimum absolute atomic E-state index is 0.520. The van der Waals surface area contributed by atoms with Crippen molar-refractivity contribution in [2.75, 3.05) is 0 Å². The van der Waals surface area contributed by atoms with Crippen LogP contribution in [-0.2, 0) is 13.1 Å². The van der Waals surface area contributed by atoms with Crippen LogP contribution in [0.4, 0.5) is 0 Å². The van der Waals surface area contributed by atoms with Crippen LogP contribution in [0.3, 0.4) is 0 Å². The molecule has 12 nitrogen and oxygen atoms in total. The molecule has 4 heterocycles. The van der Waals surface area contributed by atoms with Crippen LogP contribution in [0.2, 0.25) is 0 Å². The quantitative estimate of drug-likeness (QED) is 0.199. The highest BCUT2D eigenvalue weighted by Crippen LogP contribution is 2.46. The highest BCUT2D eigenvalue weighted by molar-refractivity contribution is 8.76. The van der Waals surface area contributed by atoms with Crippen molar-refractivity contribution < 1.29 is 0 Å². The Hall–Kier alpha value is -4.30. The van der Waals surface area contributed by atoms with Gasteiger partial charge in [-0.3, -0.25) is 0 Å². The SMILES string of the molecule is CCn1nnc(-c2cnn(-c3ccc(C)cc3C)c2SSc2c(-c3nnn(CC)n3)cnn2-c2ccc(C)cc2C)n1. The maximum atomic E-state index is 4.79. The van der Waals surface area contributed by atoms with Gasteiger partial charge in [0.05, 0.1) is 48.0 Å². The molecule has 0 unspecified atom stereocenters. The summed E-state index contributed by atoms with van der Waals surface area (Å²) >= 11 is 0. The zero-order valence-electron chi connectivity index (χ0n) is 24.2. The second kappa shape index (κ2) is 11.5. The van der Waals surface area contributed by atoms with Gasteiger partial charge in [0.15, 0.2) is 0 Å². The van der Waals surface area contributed by atoms with E-state index < -0.39 is 0 Å². The fraction of sp³-hybridized carbons (Fsp3) is 0.286. The van der Waals surface area contributed by atoms with E-state index in [1.165, 1.54) is 11.1 Å². The zero-order chi connectivity index (χ0) is 29.4. The summed E-state index contributed by atoms with van der Waals surface area (Å²) in [4.78, 5) is 3.14. The van der Waals surface area contributed by atoms with Gasteiger partial charge in [0, 0.05) is 0 Å². The van der Waals surface area contributed by atoms with Crippen LogP contribution in [0.25, 0.3) is 34.2 Å². The number of benzene rings is 2. The van der Waals surface area contributed by atoms with Crippen molar-refractivity contribution in [2.24, 2.45) is 0 Å². The van der Waals surface area contributed by atoms with E-state index in [1.807, 2.05) is 23.2 Å². The average Bonchev–Trinajstić information content (AvgIpc) is 3.77. The summed E-state index contributed by atoms with van der Waals surface area (Å²) in [6.07, 6.45) is 3.60. The molecule has 0 fully saturated rings. The van der Waals surface area contributed by atoms with Crippen LogP contribution in [0.1, 0.15) is 36.1 Å². The first kappa shape index (κ1) is 27.8. The fourth-order valence-corrected chi connectivity index (χ4v) is 7.11. The fourth-order valence-electron chi connectivity index (χ4n) is 4.62. The number of aromatic nitrogens is 12. The predicted octanol–water partition coefficient (Wildman–Crippen LogP) is 5.44. The third-order valence-corrected chi connectivity index (χ3v) is 9.15. The van der Waals surface area contributed by atoms with Gasteiger partial charge in [-0.05, 0) is 96.8 Å². The van der Waals surface area contributed by atoms with E-state index in [0.29, 0.717) is 24.7 Å². The molecule has 0 aliphatic rings. The third kappa shape index (κ3) is 5.23. The topological polar surface area (TPSA) is 123 Å². The summed E-state index contributed by atoms with van der Waals surface area (Å²) in [5, 5.41) is 37.5. The lowest BCUT2D eigenvalue weighted by molar-refractivity contribution is 0.552. The van der Waals surface area contributed by atoms with E-state index in [4.69, 9.17) is 10.2 Å². The van der Waals surface area contributed by atoms with Gasteiger partial charge in [-0.1, -0.05) is 35.4 Å². The number of rotatable bonds is 9. The van der Waals surface area contributed by atoms with Crippen molar-refractivity contribution in [3.05, 3.63) is 71.0 Å². The molecule has 6 aromatic rings. The predicted molar refractivity (Wildman–Crippen MR) is 163 cm³/mol. The van der Waals surface area contributed by atoms with Gasteiger partial charge in [0.2, 0.25) is 11.6 Å². The van der Waals surface area contributed by atoms with Crippen LogP contribution in [0.5, 0.6) is 0 Å². The molecular formula is C28H30N12S2. The minimum atomic E-state index is 0.520. The molecule has 214 valence electrons. The van der Waals surface area contributed by atoms with Crippen LogP contribution in [-0.4, -0.2) is 60.0 Å². The Labute approximate surface area is 250 Å². The van der Waals surface area contributed by atoms with Gasteiger partial charge < -0.3 is 0 Å². The normalized spacial score (nSPS) is 11.5. The van der Waals surface area contributed by atoms with Crippen molar-refractivity contribution in [2.45, 2.75) is 64.7 Å². The van der Waals surface area contributed by atoms with E-state index in [-0.39, 0.29) is 0 Å². The molecular weight excluding hydrogens is 569 g/mol. The smallest absolute Gasteiger partial charge is 0.209 e. The van der Waals surface area contributed by atoms with Gasteiger partial charge in [-0.2, -0.15) is 19.8 Å². The van der Waals surface area contributed by atoms with E-state index in [9.17, 15) is 0 Å². The molecule has 0 amide bonds. The van der Waals surface area contributed by atoms with Crippen molar-refractivity contribution in [3.63, 3.8) is 0 Å². The Morgan fingerprint density at radius 3 is 1.40 bits per heavy atom. The van der Waals surface area contributed by atoms with Crippen molar-refractivity contribution >= 4 is 21.6 Å². The monoisotopic (exact) mass is 598 g/mol. The average molecular weight is 599 g/mol. The molecule has 0 aliphatic carbocycles. The van der Waals surface area contributed by atoms with Crippen molar-refractivity contribution in [3.8, 4) is 34.2 Å². The van der Waals surface area contributed by atoms with E-state index >= 15 is 0 Å². The summed E-state index contributed by atoms with van der Waals surface area (Å²) in [5.74, 6) is 1.04. The second-order valence-corrected chi connectivity index (χ2v) is 12.0. The summed E-state index contributed by atoms with van der Waals surface area (Å²) in [5.41, 5.74) is 8.15. The van der Waals surface area contributed by atoms with Crippen LogP contribution >= 0.6 is 21.6 Å². The molecule has 2 aromatic carbocycles. The third-order valence-electron chi connectivity index (χ3n) is 6.76. The van der Waals surface area contributed by atoms with Crippen LogP contribution in [0, 0.1) is 27.7 Å². The van der Waals surface area contributed by atoms with Gasteiger partial charge in [-0.15, -0.1) is 20.4 Å². The molecule has 0 radical (unpaired) electrons.